The molecule has 1 aromatic carbocycles. The fraction of sp³-hybridized carbons (Fsp3) is 0.429. The predicted molar refractivity (Wildman–Crippen MR) is 80.3 cm³/mol. The average Bonchev–Trinajstić information content (AvgIpc) is 2.37. The molecular formula is C14H15Cl2NO4. The lowest BCUT2D eigenvalue weighted by Gasteiger charge is -2.30. The Labute approximate surface area is 131 Å². The monoisotopic (exact) mass is 331 g/mol. The molecule has 1 aliphatic rings. The maximum Gasteiger partial charge on any atom is 0.339 e. The standard InChI is InChI=1S/C14H15Cl2NO4/c15-9-2-1-3-10(16)12(9)13(19)17-7-4-5-8(14(20)21)11(18)6-7/h4-6,9-10,12,18H,1-3H2,(H,17,19)(H,20,21). The molecule has 114 valence electrons. The van der Waals surface area contributed by atoms with Crippen molar-refractivity contribution in [2.45, 2.75) is 30.0 Å². The number of halogens is 2. The van der Waals surface area contributed by atoms with Gasteiger partial charge in [0.1, 0.15) is 11.3 Å². The highest BCUT2D eigenvalue weighted by atomic mass is 35.5. The molecular weight excluding hydrogens is 317 g/mol. The number of aromatic carboxylic acids is 1. The topological polar surface area (TPSA) is 86.6 Å². The van der Waals surface area contributed by atoms with E-state index in [1.165, 1.54) is 18.2 Å². The van der Waals surface area contributed by atoms with E-state index in [9.17, 15) is 14.7 Å². The zero-order valence-electron chi connectivity index (χ0n) is 11.1. The summed E-state index contributed by atoms with van der Waals surface area (Å²) >= 11 is 12.3. The number of carboxylic acids is 1. The number of phenols is 1. The third kappa shape index (κ3) is 3.60. The molecule has 0 heterocycles. The van der Waals surface area contributed by atoms with Crippen LogP contribution in [0.5, 0.6) is 5.75 Å². The number of benzene rings is 1. The van der Waals surface area contributed by atoms with Gasteiger partial charge in [-0.3, -0.25) is 4.79 Å². The molecule has 7 heteroatoms. The Bertz CT molecular complexity index is 554. The van der Waals surface area contributed by atoms with Crippen LogP contribution in [0.2, 0.25) is 0 Å². The SMILES string of the molecule is O=C(O)c1ccc(NC(=O)C2C(Cl)CCCC2Cl)cc1O. The van der Waals surface area contributed by atoms with Crippen LogP contribution in [0.3, 0.4) is 0 Å². The van der Waals surface area contributed by atoms with Crippen molar-refractivity contribution in [2.75, 3.05) is 5.32 Å². The van der Waals surface area contributed by atoms with E-state index >= 15 is 0 Å². The molecule has 0 aromatic heterocycles. The van der Waals surface area contributed by atoms with E-state index in [4.69, 9.17) is 28.3 Å². The zero-order chi connectivity index (χ0) is 15.6. The van der Waals surface area contributed by atoms with Crippen LogP contribution in [0.4, 0.5) is 5.69 Å². The van der Waals surface area contributed by atoms with Gasteiger partial charge in [0, 0.05) is 22.5 Å². The van der Waals surface area contributed by atoms with Gasteiger partial charge in [-0.05, 0) is 25.0 Å². The molecule has 0 aliphatic heterocycles. The molecule has 2 atom stereocenters. The first kappa shape index (κ1) is 15.9. The summed E-state index contributed by atoms with van der Waals surface area (Å²) in [6.07, 6.45) is 2.35. The lowest BCUT2D eigenvalue weighted by atomic mass is 9.87. The number of nitrogens with one attached hydrogen (secondary N) is 1. The Morgan fingerprint density at radius 3 is 2.33 bits per heavy atom. The smallest absolute Gasteiger partial charge is 0.339 e. The summed E-state index contributed by atoms with van der Waals surface area (Å²) in [5, 5.41) is 20.4. The van der Waals surface area contributed by atoms with Crippen molar-refractivity contribution in [3.8, 4) is 5.75 Å². The minimum absolute atomic E-state index is 0.226. The van der Waals surface area contributed by atoms with E-state index in [1.54, 1.807) is 0 Å². The van der Waals surface area contributed by atoms with E-state index in [2.05, 4.69) is 5.32 Å². The Morgan fingerprint density at radius 2 is 1.81 bits per heavy atom. The summed E-state index contributed by atoms with van der Waals surface area (Å²) in [5.41, 5.74) is 0.0805. The summed E-state index contributed by atoms with van der Waals surface area (Å²) in [4.78, 5) is 23.0. The number of anilines is 1. The lowest BCUT2D eigenvalue weighted by Crippen LogP contribution is -2.39. The van der Waals surface area contributed by atoms with Gasteiger partial charge in [-0.2, -0.15) is 0 Å². The predicted octanol–water partition coefficient (Wildman–Crippen LogP) is 3.04. The maximum atomic E-state index is 12.2. The molecule has 1 saturated carbocycles. The second-order valence-electron chi connectivity index (χ2n) is 5.02. The fourth-order valence-electron chi connectivity index (χ4n) is 2.44. The van der Waals surface area contributed by atoms with Crippen LogP contribution in [-0.2, 0) is 4.79 Å². The number of rotatable bonds is 3. The number of alkyl halides is 2. The quantitative estimate of drug-likeness (QED) is 0.743. The van der Waals surface area contributed by atoms with Gasteiger partial charge in [0.2, 0.25) is 5.91 Å². The number of amides is 1. The van der Waals surface area contributed by atoms with Gasteiger partial charge >= 0.3 is 5.97 Å². The van der Waals surface area contributed by atoms with Crippen molar-refractivity contribution in [3.63, 3.8) is 0 Å². The van der Waals surface area contributed by atoms with Gasteiger partial charge in [0.25, 0.3) is 0 Å². The van der Waals surface area contributed by atoms with Crippen LogP contribution in [0, 0.1) is 5.92 Å². The Kier molecular flexibility index (Phi) is 4.96. The number of carboxylic acid groups (broad SMARTS) is 1. The first-order valence-corrected chi connectivity index (χ1v) is 7.42. The number of aromatic hydroxyl groups is 1. The highest BCUT2D eigenvalue weighted by Crippen LogP contribution is 2.33. The number of hydrogen-bond acceptors (Lipinski definition) is 3. The summed E-state index contributed by atoms with van der Waals surface area (Å²) in [6.45, 7) is 0. The highest BCUT2D eigenvalue weighted by molar-refractivity contribution is 6.27. The number of carbonyl (C=O) groups excluding carboxylic acids is 1. The molecule has 5 nitrogen and oxygen atoms in total. The molecule has 1 aliphatic carbocycles. The largest absolute Gasteiger partial charge is 0.507 e. The third-order valence-electron chi connectivity index (χ3n) is 3.54. The van der Waals surface area contributed by atoms with Gasteiger partial charge in [-0.1, -0.05) is 6.42 Å². The first-order valence-electron chi connectivity index (χ1n) is 6.55. The molecule has 0 radical (unpaired) electrons. The van der Waals surface area contributed by atoms with E-state index < -0.39 is 17.6 Å². The van der Waals surface area contributed by atoms with Crippen molar-refractivity contribution < 1.29 is 19.8 Å². The normalized spacial score (nSPS) is 25.3. The molecule has 3 N–H and O–H groups in total. The van der Waals surface area contributed by atoms with Crippen LogP contribution in [0.25, 0.3) is 0 Å². The average molecular weight is 332 g/mol. The minimum atomic E-state index is -1.24. The van der Waals surface area contributed by atoms with E-state index in [-0.39, 0.29) is 22.2 Å². The maximum absolute atomic E-state index is 12.2. The molecule has 1 amide bonds. The number of hydrogen-bond donors (Lipinski definition) is 3. The first-order chi connectivity index (χ1) is 9.90. The van der Waals surface area contributed by atoms with Crippen molar-refractivity contribution in [3.05, 3.63) is 23.8 Å². The van der Waals surface area contributed by atoms with Crippen LogP contribution < -0.4 is 5.32 Å². The Morgan fingerprint density at radius 1 is 1.19 bits per heavy atom. The molecule has 21 heavy (non-hydrogen) atoms. The van der Waals surface area contributed by atoms with E-state index in [1.807, 2.05) is 0 Å². The summed E-state index contributed by atoms with van der Waals surface area (Å²) in [7, 11) is 0. The summed E-state index contributed by atoms with van der Waals surface area (Å²) in [5.74, 6) is -2.48. The molecule has 2 rings (SSSR count). The van der Waals surface area contributed by atoms with Crippen LogP contribution in [0.15, 0.2) is 18.2 Å². The number of carbonyl (C=O) groups is 2. The van der Waals surface area contributed by atoms with Crippen molar-refractivity contribution in [1.29, 1.82) is 0 Å². The zero-order valence-corrected chi connectivity index (χ0v) is 12.6. The van der Waals surface area contributed by atoms with Crippen LogP contribution in [0.1, 0.15) is 29.6 Å². The fourth-order valence-corrected chi connectivity index (χ4v) is 3.40. The molecule has 1 fully saturated rings. The van der Waals surface area contributed by atoms with Gasteiger partial charge < -0.3 is 15.5 Å². The van der Waals surface area contributed by atoms with E-state index in [0.717, 1.165) is 19.3 Å². The van der Waals surface area contributed by atoms with Gasteiger partial charge in [-0.15, -0.1) is 23.2 Å². The van der Waals surface area contributed by atoms with Crippen LogP contribution >= 0.6 is 23.2 Å². The molecule has 1 aromatic rings. The summed E-state index contributed by atoms with van der Waals surface area (Å²) in [6, 6.07) is 3.83. The van der Waals surface area contributed by atoms with Crippen molar-refractivity contribution in [2.24, 2.45) is 5.92 Å². The minimum Gasteiger partial charge on any atom is -0.507 e. The molecule has 0 saturated heterocycles. The second kappa shape index (κ2) is 6.54. The van der Waals surface area contributed by atoms with Crippen molar-refractivity contribution >= 4 is 40.8 Å². The summed E-state index contributed by atoms with van der Waals surface area (Å²) < 4.78 is 0. The Hall–Kier alpha value is -1.46. The second-order valence-corrected chi connectivity index (χ2v) is 6.14. The van der Waals surface area contributed by atoms with Crippen molar-refractivity contribution in [1.82, 2.24) is 0 Å². The highest BCUT2D eigenvalue weighted by Gasteiger charge is 2.36. The van der Waals surface area contributed by atoms with Crippen LogP contribution in [-0.4, -0.2) is 32.8 Å². The Balaban J connectivity index is 2.12. The van der Waals surface area contributed by atoms with Gasteiger partial charge in [0.15, 0.2) is 0 Å². The third-order valence-corrected chi connectivity index (χ3v) is 4.52. The molecule has 2 unspecified atom stereocenters. The van der Waals surface area contributed by atoms with Gasteiger partial charge in [0.05, 0.1) is 5.92 Å². The lowest BCUT2D eigenvalue weighted by molar-refractivity contribution is -0.120. The van der Waals surface area contributed by atoms with E-state index in [0.29, 0.717) is 5.69 Å². The molecule has 0 bridgehead atoms. The molecule has 0 spiro atoms. The van der Waals surface area contributed by atoms with Gasteiger partial charge in [-0.25, -0.2) is 4.79 Å².